The largest absolute Gasteiger partial charge is 0.355 e. The van der Waals surface area contributed by atoms with E-state index in [1.165, 1.54) is 0 Å². The van der Waals surface area contributed by atoms with Gasteiger partial charge in [-0.05, 0) is 24.3 Å². The minimum Gasteiger partial charge on any atom is -0.355 e. The summed E-state index contributed by atoms with van der Waals surface area (Å²) < 4.78 is 0. The van der Waals surface area contributed by atoms with E-state index in [9.17, 15) is 9.59 Å². The van der Waals surface area contributed by atoms with E-state index in [-0.39, 0.29) is 24.2 Å². The topological polar surface area (TPSA) is 117 Å². The third-order valence-electron chi connectivity index (χ3n) is 4.78. The maximum absolute atomic E-state index is 12.4. The van der Waals surface area contributed by atoms with Crippen LogP contribution in [-0.2, 0) is 22.6 Å². The van der Waals surface area contributed by atoms with Crippen molar-refractivity contribution in [1.82, 2.24) is 35.4 Å². The predicted octanol–water partition coefficient (Wildman–Crippen LogP) is 0.969. The maximum Gasteiger partial charge on any atom is 0.225 e. The normalized spacial score (nSPS) is 16.2. The number of rotatable bonds is 7. The number of aromatic nitrogens is 5. The van der Waals surface area contributed by atoms with E-state index in [2.05, 4.69) is 30.5 Å². The molecule has 1 saturated heterocycles. The zero-order valence-corrected chi connectivity index (χ0v) is 15.8. The molecule has 0 unspecified atom stereocenters. The second kappa shape index (κ2) is 8.59. The molecule has 1 aliphatic heterocycles. The number of carbonyl (C=O) groups is 2. The molecular weight excluding hydrogens is 370 g/mol. The van der Waals surface area contributed by atoms with E-state index in [0.29, 0.717) is 37.7 Å². The van der Waals surface area contributed by atoms with E-state index in [4.69, 9.17) is 0 Å². The standard InChI is InChI=1S/C20H21N7O2/c28-18-10-15(12-27(18)13-16-5-1-2-8-22-16)20(29)23-9-6-17-24-19(26-25-17)14-4-3-7-21-11-14/h1-5,7-8,11,15H,6,9-10,12-13H2,(H,23,29)(H,24,25,26)/t15-/m1/s1. The molecule has 0 saturated carbocycles. The van der Waals surface area contributed by atoms with Crippen LogP contribution in [0, 0.1) is 5.92 Å². The zero-order valence-electron chi connectivity index (χ0n) is 15.8. The Hall–Kier alpha value is -3.62. The second-order valence-corrected chi connectivity index (χ2v) is 6.88. The van der Waals surface area contributed by atoms with Gasteiger partial charge in [-0.1, -0.05) is 6.07 Å². The van der Waals surface area contributed by atoms with Crippen molar-refractivity contribution in [2.45, 2.75) is 19.4 Å². The van der Waals surface area contributed by atoms with Crippen molar-refractivity contribution in [3.63, 3.8) is 0 Å². The molecule has 0 spiro atoms. The first-order chi connectivity index (χ1) is 14.2. The lowest BCUT2D eigenvalue weighted by Crippen LogP contribution is -2.34. The summed E-state index contributed by atoms with van der Waals surface area (Å²) in [6, 6.07) is 9.30. The minimum absolute atomic E-state index is 0.0212. The number of nitrogens with zero attached hydrogens (tertiary/aromatic N) is 5. The van der Waals surface area contributed by atoms with Gasteiger partial charge in [-0.2, -0.15) is 5.10 Å². The molecule has 0 aromatic carbocycles. The summed E-state index contributed by atoms with van der Waals surface area (Å²) in [6.07, 6.45) is 5.84. The predicted molar refractivity (Wildman–Crippen MR) is 104 cm³/mol. The van der Waals surface area contributed by atoms with Crippen molar-refractivity contribution in [2.24, 2.45) is 5.92 Å². The fourth-order valence-corrected chi connectivity index (χ4v) is 3.27. The number of aromatic amines is 1. The Morgan fingerprint density at radius 1 is 1.24 bits per heavy atom. The highest BCUT2D eigenvalue weighted by atomic mass is 16.2. The van der Waals surface area contributed by atoms with Gasteiger partial charge in [0.05, 0.1) is 18.2 Å². The summed E-state index contributed by atoms with van der Waals surface area (Å²) in [5, 5.41) is 9.95. The van der Waals surface area contributed by atoms with Gasteiger partial charge in [0.2, 0.25) is 11.8 Å². The first kappa shape index (κ1) is 18.7. The van der Waals surface area contributed by atoms with Crippen molar-refractivity contribution >= 4 is 11.8 Å². The van der Waals surface area contributed by atoms with Gasteiger partial charge in [-0.25, -0.2) is 4.98 Å². The molecule has 1 aliphatic rings. The van der Waals surface area contributed by atoms with Gasteiger partial charge in [0, 0.05) is 50.1 Å². The average Bonchev–Trinajstić information content (AvgIpc) is 3.37. The molecule has 29 heavy (non-hydrogen) atoms. The van der Waals surface area contributed by atoms with Gasteiger partial charge in [0.25, 0.3) is 0 Å². The van der Waals surface area contributed by atoms with Gasteiger partial charge >= 0.3 is 0 Å². The molecule has 9 heteroatoms. The van der Waals surface area contributed by atoms with E-state index in [1.54, 1.807) is 23.5 Å². The minimum atomic E-state index is -0.341. The molecule has 2 N–H and O–H groups in total. The average molecular weight is 391 g/mol. The molecule has 3 aromatic heterocycles. The van der Waals surface area contributed by atoms with Crippen LogP contribution in [0.25, 0.3) is 11.4 Å². The molecule has 3 aromatic rings. The smallest absolute Gasteiger partial charge is 0.225 e. The highest BCUT2D eigenvalue weighted by Gasteiger charge is 2.34. The molecule has 4 rings (SSSR count). The lowest BCUT2D eigenvalue weighted by Gasteiger charge is -2.16. The lowest BCUT2D eigenvalue weighted by molar-refractivity contribution is -0.129. The first-order valence-corrected chi connectivity index (χ1v) is 9.46. The zero-order chi connectivity index (χ0) is 20.1. The number of amides is 2. The SMILES string of the molecule is O=C(NCCc1nc(-c2cccnc2)n[nH]1)[C@@H]1CC(=O)N(Cc2ccccn2)C1. The monoisotopic (exact) mass is 391 g/mol. The van der Waals surface area contributed by atoms with Crippen LogP contribution in [0.5, 0.6) is 0 Å². The molecule has 1 atom stereocenters. The number of likely N-dealkylation sites (tertiary alicyclic amines) is 1. The third kappa shape index (κ3) is 4.63. The fraction of sp³-hybridized carbons (Fsp3) is 0.300. The first-order valence-electron chi connectivity index (χ1n) is 9.46. The molecule has 0 bridgehead atoms. The number of carbonyl (C=O) groups excluding carboxylic acids is 2. The molecule has 148 valence electrons. The summed E-state index contributed by atoms with van der Waals surface area (Å²) in [4.78, 5) is 39.1. The van der Waals surface area contributed by atoms with Crippen molar-refractivity contribution < 1.29 is 9.59 Å². The van der Waals surface area contributed by atoms with Crippen LogP contribution >= 0.6 is 0 Å². The number of pyridine rings is 2. The molecule has 2 amide bonds. The summed E-state index contributed by atoms with van der Waals surface area (Å²) in [6.45, 7) is 1.26. The Balaban J connectivity index is 1.25. The van der Waals surface area contributed by atoms with Crippen molar-refractivity contribution in [2.75, 3.05) is 13.1 Å². The Kier molecular flexibility index (Phi) is 5.55. The van der Waals surface area contributed by atoms with Crippen LogP contribution in [0.1, 0.15) is 17.9 Å². The van der Waals surface area contributed by atoms with Crippen LogP contribution < -0.4 is 5.32 Å². The molecule has 0 radical (unpaired) electrons. The Morgan fingerprint density at radius 2 is 2.17 bits per heavy atom. The Morgan fingerprint density at radius 3 is 2.97 bits per heavy atom. The van der Waals surface area contributed by atoms with Crippen molar-refractivity contribution in [3.05, 3.63) is 60.4 Å². The number of nitrogens with one attached hydrogen (secondary N) is 2. The maximum atomic E-state index is 12.4. The van der Waals surface area contributed by atoms with Crippen LogP contribution in [0.15, 0.2) is 48.9 Å². The summed E-state index contributed by atoms with van der Waals surface area (Å²) >= 11 is 0. The number of H-pyrrole nitrogens is 1. The quantitative estimate of drug-likeness (QED) is 0.620. The summed E-state index contributed by atoms with van der Waals surface area (Å²) in [5.41, 5.74) is 1.65. The molecule has 4 heterocycles. The van der Waals surface area contributed by atoms with Crippen LogP contribution in [-0.4, -0.2) is 55.0 Å². The molecule has 0 aliphatic carbocycles. The number of hydrogen-bond acceptors (Lipinski definition) is 6. The van der Waals surface area contributed by atoms with Crippen LogP contribution in [0.2, 0.25) is 0 Å². The third-order valence-corrected chi connectivity index (χ3v) is 4.78. The lowest BCUT2D eigenvalue weighted by atomic mass is 10.1. The molecule has 1 fully saturated rings. The number of hydrogen-bond donors (Lipinski definition) is 2. The van der Waals surface area contributed by atoms with E-state index in [1.807, 2.05) is 30.3 Å². The Bertz CT molecular complexity index is 975. The Labute approximate surface area is 167 Å². The van der Waals surface area contributed by atoms with E-state index < -0.39 is 0 Å². The van der Waals surface area contributed by atoms with E-state index in [0.717, 1.165) is 11.3 Å². The van der Waals surface area contributed by atoms with Gasteiger partial charge in [0.15, 0.2) is 5.82 Å². The summed E-state index contributed by atoms with van der Waals surface area (Å²) in [5.74, 6) is 0.780. The van der Waals surface area contributed by atoms with Gasteiger partial charge < -0.3 is 10.2 Å². The fourth-order valence-electron chi connectivity index (χ4n) is 3.27. The molecule has 9 nitrogen and oxygen atoms in total. The van der Waals surface area contributed by atoms with Gasteiger partial charge in [0.1, 0.15) is 5.82 Å². The molecular formula is C20H21N7O2. The van der Waals surface area contributed by atoms with Gasteiger partial charge in [-0.15, -0.1) is 0 Å². The van der Waals surface area contributed by atoms with Crippen molar-refractivity contribution in [1.29, 1.82) is 0 Å². The second-order valence-electron chi connectivity index (χ2n) is 6.88. The highest BCUT2D eigenvalue weighted by Crippen LogP contribution is 2.20. The van der Waals surface area contributed by atoms with E-state index >= 15 is 0 Å². The summed E-state index contributed by atoms with van der Waals surface area (Å²) in [7, 11) is 0. The highest BCUT2D eigenvalue weighted by molar-refractivity contribution is 5.89. The van der Waals surface area contributed by atoms with Gasteiger partial charge in [-0.3, -0.25) is 24.7 Å². The van der Waals surface area contributed by atoms with Crippen molar-refractivity contribution in [3.8, 4) is 11.4 Å². The van der Waals surface area contributed by atoms with Crippen LogP contribution in [0.4, 0.5) is 0 Å². The van der Waals surface area contributed by atoms with Crippen LogP contribution in [0.3, 0.4) is 0 Å².